The maximum atomic E-state index is 12.5. The number of rotatable bonds is 5. The second kappa shape index (κ2) is 5.55. The van der Waals surface area contributed by atoms with E-state index in [4.69, 9.17) is 0 Å². The Morgan fingerprint density at radius 3 is 2.56 bits per heavy atom. The minimum atomic E-state index is -4.42. The van der Waals surface area contributed by atoms with Crippen molar-refractivity contribution in [2.45, 2.75) is 57.7 Å². The first-order valence-electron chi connectivity index (χ1n) is 5.71. The molecule has 1 rings (SSSR count). The fraction of sp³-hybridized carbons (Fsp3) is 0.909. The number of ether oxygens (including phenoxy) is 1. The monoisotopic (exact) mass is 238 g/mol. The number of carbonyl (C=O) groups is 1. The Labute approximate surface area is 93.2 Å². The Morgan fingerprint density at radius 1 is 1.31 bits per heavy atom. The second-order valence-corrected chi connectivity index (χ2v) is 4.27. The summed E-state index contributed by atoms with van der Waals surface area (Å²) in [5, 5.41) is 0. The minimum Gasteiger partial charge on any atom is -0.452 e. The van der Waals surface area contributed by atoms with E-state index in [1.807, 2.05) is 6.92 Å². The van der Waals surface area contributed by atoms with Crippen LogP contribution in [0.4, 0.5) is 13.2 Å². The maximum Gasteiger partial charge on any atom is 0.425 e. The molecule has 16 heavy (non-hydrogen) atoms. The van der Waals surface area contributed by atoms with Gasteiger partial charge in [0.05, 0.1) is 6.42 Å². The Morgan fingerprint density at radius 2 is 2.00 bits per heavy atom. The summed E-state index contributed by atoms with van der Waals surface area (Å²) < 4.78 is 41.8. The quantitative estimate of drug-likeness (QED) is 0.541. The Bertz CT molecular complexity index is 238. The first kappa shape index (κ1) is 13.3. The molecular weight excluding hydrogens is 221 g/mol. The van der Waals surface area contributed by atoms with E-state index in [-0.39, 0.29) is 6.42 Å². The zero-order valence-corrected chi connectivity index (χ0v) is 9.35. The van der Waals surface area contributed by atoms with Gasteiger partial charge >= 0.3 is 12.1 Å². The molecule has 0 N–H and O–H groups in total. The van der Waals surface area contributed by atoms with E-state index in [1.54, 1.807) is 0 Å². The van der Waals surface area contributed by atoms with Gasteiger partial charge in [0, 0.05) is 5.92 Å². The Balaban J connectivity index is 2.41. The minimum absolute atomic E-state index is 0.0870. The van der Waals surface area contributed by atoms with Crippen LogP contribution in [-0.2, 0) is 9.53 Å². The summed E-state index contributed by atoms with van der Waals surface area (Å²) in [6, 6.07) is 0. The lowest BCUT2D eigenvalue weighted by molar-refractivity contribution is -0.218. The largest absolute Gasteiger partial charge is 0.452 e. The molecule has 2 unspecified atom stereocenters. The predicted octanol–water partition coefficient (Wildman–Crippen LogP) is 3.45. The SMILES string of the molecule is CCCCCCC1CC(=O)OC1C(F)(F)F. The molecule has 0 aliphatic carbocycles. The molecule has 0 spiro atoms. The van der Waals surface area contributed by atoms with E-state index in [0.29, 0.717) is 6.42 Å². The Hall–Kier alpha value is -0.740. The van der Waals surface area contributed by atoms with Gasteiger partial charge in [-0.1, -0.05) is 32.6 Å². The van der Waals surface area contributed by atoms with Gasteiger partial charge < -0.3 is 4.74 Å². The zero-order valence-electron chi connectivity index (χ0n) is 9.35. The van der Waals surface area contributed by atoms with Gasteiger partial charge in [0.1, 0.15) is 0 Å². The second-order valence-electron chi connectivity index (χ2n) is 4.27. The van der Waals surface area contributed by atoms with Gasteiger partial charge in [-0.2, -0.15) is 13.2 Å². The van der Waals surface area contributed by atoms with E-state index in [0.717, 1.165) is 25.7 Å². The van der Waals surface area contributed by atoms with Crippen LogP contribution in [0.2, 0.25) is 0 Å². The molecule has 0 saturated carbocycles. The number of alkyl halides is 3. The lowest BCUT2D eigenvalue weighted by atomic mass is 9.94. The molecule has 1 heterocycles. The average molecular weight is 238 g/mol. The van der Waals surface area contributed by atoms with Crippen LogP contribution in [0.5, 0.6) is 0 Å². The zero-order chi connectivity index (χ0) is 12.2. The maximum absolute atomic E-state index is 12.5. The van der Waals surface area contributed by atoms with Gasteiger partial charge in [0.15, 0.2) is 0 Å². The lowest BCUT2D eigenvalue weighted by Gasteiger charge is -2.19. The molecule has 2 nitrogen and oxygen atoms in total. The highest BCUT2D eigenvalue weighted by Crippen LogP contribution is 2.37. The van der Waals surface area contributed by atoms with Crippen LogP contribution in [-0.4, -0.2) is 18.2 Å². The molecule has 5 heteroatoms. The fourth-order valence-electron chi connectivity index (χ4n) is 2.03. The van der Waals surface area contributed by atoms with E-state index < -0.39 is 24.2 Å². The molecule has 0 radical (unpaired) electrons. The molecule has 1 fully saturated rings. The molecule has 1 aliphatic heterocycles. The molecular formula is C11H17F3O2. The molecule has 2 atom stereocenters. The smallest absolute Gasteiger partial charge is 0.425 e. The van der Waals surface area contributed by atoms with Crippen LogP contribution in [0.15, 0.2) is 0 Å². The van der Waals surface area contributed by atoms with E-state index in [2.05, 4.69) is 4.74 Å². The van der Waals surface area contributed by atoms with Gasteiger partial charge in [-0.15, -0.1) is 0 Å². The first-order valence-corrected chi connectivity index (χ1v) is 5.71. The molecule has 1 saturated heterocycles. The van der Waals surface area contributed by atoms with Crippen molar-refractivity contribution in [1.82, 2.24) is 0 Å². The third-order valence-electron chi connectivity index (χ3n) is 2.87. The Kier molecular flexibility index (Phi) is 4.62. The van der Waals surface area contributed by atoms with Gasteiger partial charge in [-0.05, 0) is 6.42 Å². The highest BCUT2D eigenvalue weighted by Gasteiger charge is 2.51. The first-order chi connectivity index (χ1) is 7.45. The van der Waals surface area contributed by atoms with Gasteiger partial charge in [0.25, 0.3) is 0 Å². The van der Waals surface area contributed by atoms with Crippen LogP contribution in [0.25, 0.3) is 0 Å². The van der Waals surface area contributed by atoms with E-state index in [1.165, 1.54) is 0 Å². The van der Waals surface area contributed by atoms with E-state index in [9.17, 15) is 18.0 Å². The van der Waals surface area contributed by atoms with Gasteiger partial charge in [-0.25, -0.2) is 0 Å². The summed E-state index contributed by atoms with van der Waals surface area (Å²) in [5.74, 6) is -1.40. The molecule has 0 bridgehead atoms. The number of halogens is 3. The average Bonchev–Trinajstić information content (AvgIpc) is 2.54. The van der Waals surface area contributed by atoms with Crippen molar-refractivity contribution in [2.24, 2.45) is 5.92 Å². The van der Waals surface area contributed by atoms with Crippen LogP contribution in [0, 0.1) is 5.92 Å². The molecule has 94 valence electrons. The fourth-order valence-corrected chi connectivity index (χ4v) is 2.03. The van der Waals surface area contributed by atoms with Gasteiger partial charge in [0.2, 0.25) is 6.10 Å². The number of hydrogen-bond acceptors (Lipinski definition) is 2. The molecule has 0 aromatic rings. The standard InChI is InChI=1S/C11H17F3O2/c1-2-3-4-5-6-8-7-9(15)16-10(8)11(12,13)14/h8,10H,2-7H2,1H3. The van der Waals surface area contributed by atoms with Crippen LogP contribution in [0.3, 0.4) is 0 Å². The van der Waals surface area contributed by atoms with Crippen molar-refractivity contribution in [1.29, 1.82) is 0 Å². The number of unbranched alkanes of at least 4 members (excludes halogenated alkanes) is 3. The third kappa shape index (κ3) is 3.68. The summed E-state index contributed by atoms with van der Waals surface area (Å²) in [5.41, 5.74) is 0. The molecule has 1 aliphatic rings. The summed E-state index contributed by atoms with van der Waals surface area (Å²) in [4.78, 5) is 10.9. The molecule has 0 aromatic heterocycles. The topological polar surface area (TPSA) is 26.3 Å². The number of esters is 1. The molecule has 0 aromatic carbocycles. The van der Waals surface area contributed by atoms with Crippen LogP contribution >= 0.6 is 0 Å². The highest BCUT2D eigenvalue weighted by atomic mass is 19.4. The van der Waals surface area contributed by atoms with Crippen molar-refractivity contribution >= 4 is 5.97 Å². The normalized spacial score (nSPS) is 25.9. The van der Waals surface area contributed by atoms with Crippen molar-refractivity contribution in [3.63, 3.8) is 0 Å². The number of carbonyl (C=O) groups excluding carboxylic acids is 1. The summed E-state index contributed by atoms with van der Waals surface area (Å²) >= 11 is 0. The van der Waals surface area contributed by atoms with E-state index >= 15 is 0 Å². The predicted molar refractivity (Wildman–Crippen MR) is 52.8 cm³/mol. The lowest BCUT2D eigenvalue weighted by Crippen LogP contribution is -2.33. The summed E-state index contributed by atoms with van der Waals surface area (Å²) in [6.45, 7) is 2.04. The van der Waals surface area contributed by atoms with Crippen LogP contribution in [0.1, 0.15) is 45.4 Å². The van der Waals surface area contributed by atoms with Crippen molar-refractivity contribution in [2.75, 3.05) is 0 Å². The summed E-state index contributed by atoms with van der Waals surface area (Å²) in [6.07, 6.45) is -2.22. The van der Waals surface area contributed by atoms with Crippen LogP contribution < -0.4 is 0 Å². The number of hydrogen-bond donors (Lipinski definition) is 0. The number of cyclic esters (lactones) is 1. The van der Waals surface area contributed by atoms with Crippen molar-refractivity contribution < 1.29 is 22.7 Å². The highest BCUT2D eigenvalue weighted by molar-refractivity contribution is 5.72. The summed E-state index contributed by atoms with van der Waals surface area (Å²) in [7, 11) is 0. The van der Waals surface area contributed by atoms with Crippen molar-refractivity contribution in [3.05, 3.63) is 0 Å². The van der Waals surface area contributed by atoms with Crippen molar-refractivity contribution in [3.8, 4) is 0 Å². The van der Waals surface area contributed by atoms with Gasteiger partial charge in [-0.3, -0.25) is 4.79 Å². The third-order valence-corrected chi connectivity index (χ3v) is 2.87. The molecule has 0 amide bonds.